The lowest BCUT2D eigenvalue weighted by molar-refractivity contribution is -0.180. The lowest BCUT2D eigenvalue weighted by Crippen LogP contribution is -2.62. The van der Waals surface area contributed by atoms with Gasteiger partial charge in [-0.2, -0.15) is 0 Å². The van der Waals surface area contributed by atoms with Crippen molar-refractivity contribution in [1.29, 1.82) is 0 Å². The maximum absolute atomic E-state index is 14.4. The molecular weight excluding hydrogens is 754 g/mol. The number of aliphatic hydroxyl groups excluding tert-OH is 1. The quantitative estimate of drug-likeness (QED) is 0.0948. The summed E-state index contributed by atoms with van der Waals surface area (Å²) in [7, 11) is 6.51. The van der Waals surface area contributed by atoms with E-state index in [1.165, 1.54) is 11.0 Å². The average Bonchev–Trinajstić information content (AvgIpc) is 3.11. The molecule has 5 atom stereocenters. The number of hydrogen-bond donors (Lipinski definition) is 6. The number of ether oxygens (including phenoxy) is 2. The number of primary amides is 1. The standard InChI is InChI=1S/C41H55N5O12/c1-6-7-46(38(53)58-19-57-37(52)39-14-20-8-21(15-39)10-22(9-20)16-39)18-29(47)43-28-13-27(44(2)3)24-11-23-12-26-32(45(4)5)34(49)30(36(42)51)35(50)40(26,54)17-25(23)33(48)31(24)41(28,55)56/h13,17,20-23,26,28,32,50,54-56H,6-12,14-16,18-19H2,1-5H3,(H2,42,51)(H,43,47)/t20?,21?,22?,23-,26-,28?,32-,39?,40-/m0/s1. The van der Waals surface area contributed by atoms with Crippen LogP contribution >= 0.6 is 0 Å². The first-order valence-electron chi connectivity index (χ1n) is 20.1. The number of ketones is 2. The first-order chi connectivity index (χ1) is 27.2. The third-order valence-corrected chi connectivity index (χ3v) is 13.6. The zero-order valence-corrected chi connectivity index (χ0v) is 33.7. The predicted octanol–water partition coefficient (Wildman–Crippen LogP) is 0.550. The Labute approximate surface area is 336 Å². The molecule has 0 aromatic heterocycles. The van der Waals surface area contributed by atoms with E-state index in [0.717, 1.165) is 49.5 Å². The van der Waals surface area contributed by atoms with E-state index in [9.17, 15) is 49.2 Å². The number of Topliss-reactive ketones (excluding diaryl/α,β-unsaturated/α-hetero) is 2. The molecule has 0 aliphatic heterocycles. The van der Waals surface area contributed by atoms with Crippen molar-refractivity contribution in [2.75, 3.05) is 48.1 Å². The van der Waals surface area contributed by atoms with Gasteiger partial charge in [0.25, 0.3) is 5.91 Å². The van der Waals surface area contributed by atoms with Crippen LogP contribution in [-0.2, 0) is 33.4 Å². The van der Waals surface area contributed by atoms with E-state index in [2.05, 4.69) is 5.32 Å². The van der Waals surface area contributed by atoms with Gasteiger partial charge in [0.1, 0.15) is 29.5 Å². The molecule has 0 aromatic rings. The normalized spacial score (nSPS) is 34.4. The fourth-order valence-electron chi connectivity index (χ4n) is 11.6. The molecule has 0 spiro atoms. The van der Waals surface area contributed by atoms with E-state index in [1.54, 1.807) is 40.0 Å². The molecule has 17 nitrogen and oxygen atoms in total. The van der Waals surface area contributed by atoms with Crippen molar-refractivity contribution in [1.82, 2.24) is 20.0 Å². The lowest BCUT2D eigenvalue weighted by atomic mass is 9.49. The number of nitrogens with two attached hydrogens (primary N) is 1. The molecule has 0 aromatic carbocycles. The smallest absolute Gasteiger partial charge is 0.413 e. The predicted molar refractivity (Wildman–Crippen MR) is 203 cm³/mol. The van der Waals surface area contributed by atoms with E-state index >= 15 is 0 Å². The van der Waals surface area contributed by atoms with Crippen LogP contribution in [0.15, 0.2) is 45.9 Å². The molecule has 1 unspecified atom stereocenters. The third kappa shape index (κ3) is 6.82. The Bertz CT molecular complexity index is 1910. The summed E-state index contributed by atoms with van der Waals surface area (Å²) in [4.78, 5) is 84.4. The largest absolute Gasteiger partial charge is 0.508 e. The first-order valence-corrected chi connectivity index (χ1v) is 20.1. The van der Waals surface area contributed by atoms with Crippen LogP contribution in [0.25, 0.3) is 0 Å². The molecule has 17 heteroatoms. The summed E-state index contributed by atoms with van der Waals surface area (Å²) in [5.74, 6) is -8.08. The topological polar surface area (TPSA) is 250 Å². The number of aliphatic hydroxyl groups is 4. The van der Waals surface area contributed by atoms with Gasteiger partial charge in [0.15, 0.2) is 11.6 Å². The second-order valence-electron chi connectivity index (χ2n) is 18.0. The van der Waals surface area contributed by atoms with Crippen molar-refractivity contribution in [3.8, 4) is 0 Å². The van der Waals surface area contributed by atoms with Gasteiger partial charge in [-0.1, -0.05) is 6.92 Å². The molecule has 0 saturated heterocycles. The summed E-state index contributed by atoms with van der Waals surface area (Å²) in [6.07, 6.45) is 7.92. The molecule has 8 rings (SSSR count). The summed E-state index contributed by atoms with van der Waals surface area (Å²) in [6, 6.07) is -2.68. The fraction of sp³-hybridized carbons (Fsp3) is 0.659. The molecule has 7 N–H and O–H groups in total. The molecule has 58 heavy (non-hydrogen) atoms. The summed E-state index contributed by atoms with van der Waals surface area (Å²) >= 11 is 0. The maximum atomic E-state index is 14.4. The van der Waals surface area contributed by atoms with Gasteiger partial charge in [0.2, 0.25) is 18.5 Å². The Kier molecular flexibility index (Phi) is 10.7. The molecular formula is C41H55N5O12. The summed E-state index contributed by atoms with van der Waals surface area (Å²) in [5, 5.41) is 49.1. The minimum atomic E-state index is -2.99. The van der Waals surface area contributed by atoms with Gasteiger partial charge >= 0.3 is 12.1 Å². The lowest BCUT2D eigenvalue weighted by Gasteiger charge is -2.55. The average molecular weight is 810 g/mol. The minimum absolute atomic E-state index is 0.00506. The highest BCUT2D eigenvalue weighted by Crippen LogP contribution is 2.60. The van der Waals surface area contributed by atoms with E-state index in [4.69, 9.17) is 15.2 Å². The Morgan fingerprint density at radius 1 is 0.948 bits per heavy atom. The molecule has 8 aliphatic rings. The molecule has 4 bridgehead atoms. The third-order valence-electron chi connectivity index (χ3n) is 13.6. The number of hydrogen-bond acceptors (Lipinski definition) is 14. The van der Waals surface area contributed by atoms with E-state index in [1.807, 2.05) is 0 Å². The van der Waals surface area contributed by atoms with Gasteiger partial charge < -0.3 is 45.9 Å². The van der Waals surface area contributed by atoms with Crippen LogP contribution in [0.3, 0.4) is 0 Å². The van der Waals surface area contributed by atoms with Gasteiger partial charge in [-0.3, -0.25) is 33.8 Å². The van der Waals surface area contributed by atoms with Crippen molar-refractivity contribution >= 4 is 35.4 Å². The molecule has 4 saturated carbocycles. The van der Waals surface area contributed by atoms with Crippen molar-refractivity contribution in [3.05, 3.63) is 45.9 Å². The van der Waals surface area contributed by atoms with Crippen LogP contribution in [0.2, 0.25) is 0 Å². The number of rotatable bonds is 11. The monoisotopic (exact) mass is 809 g/mol. The second kappa shape index (κ2) is 14.9. The van der Waals surface area contributed by atoms with Gasteiger partial charge in [-0.05, 0) is 113 Å². The zero-order valence-electron chi connectivity index (χ0n) is 33.7. The number of allylic oxidation sites excluding steroid dienone is 2. The Morgan fingerprint density at radius 2 is 1.57 bits per heavy atom. The summed E-state index contributed by atoms with van der Waals surface area (Å²) < 4.78 is 10.8. The number of esters is 1. The van der Waals surface area contributed by atoms with Gasteiger partial charge in [0.05, 0.1) is 17.0 Å². The van der Waals surface area contributed by atoms with Crippen LogP contribution in [0.1, 0.15) is 64.7 Å². The van der Waals surface area contributed by atoms with Crippen molar-refractivity contribution < 1.29 is 58.7 Å². The number of carbonyl (C=O) groups excluding carboxylic acids is 6. The summed E-state index contributed by atoms with van der Waals surface area (Å²) in [6.45, 7) is 0.711. The highest BCUT2D eigenvalue weighted by Gasteiger charge is 2.60. The number of nitrogens with one attached hydrogen (secondary N) is 1. The Morgan fingerprint density at radius 3 is 2.12 bits per heavy atom. The Balaban J connectivity index is 1.07. The summed E-state index contributed by atoms with van der Waals surface area (Å²) in [5.41, 5.74) is 1.91. The maximum Gasteiger partial charge on any atom is 0.413 e. The van der Waals surface area contributed by atoms with E-state index in [0.29, 0.717) is 29.9 Å². The highest BCUT2D eigenvalue weighted by molar-refractivity contribution is 6.22. The van der Waals surface area contributed by atoms with Gasteiger partial charge in [0, 0.05) is 37.8 Å². The minimum Gasteiger partial charge on any atom is -0.508 e. The number of carbonyl (C=O) groups is 6. The van der Waals surface area contributed by atoms with Crippen molar-refractivity contribution in [2.24, 2.45) is 40.7 Å². The van der Waals surface area contributed by atoms with Crippen LogP contribution < -0.4 is 11.1 Å². The molecule has 0 radical (unpaired) electrons. The Hall–Kier alpha value is -4.58. The molecule has 0 heterocycles. The van der Waals surface area contributed by atoms with E-state index < -0.39 is 100 Å². The first kappa shape index (κ1) is 41.6. The van der Waals surface area contributed by atoms with E-state index in [-0.39, 0.29) is 36.5 Å². The molecule has 316 valence electrons. The van der Waals surface area contributed by atoms with Gasteiger partial charge in [-0.25, -0.2) is 4.79 Å². The fourth-order valence-corrected chi connectivity index (χ4v) is 11.6. The second-order valence-corrected chi connectivity index (χ2v) is 18.0. The molecule has 3 amide bonds. The van der Waals surface area contributed by atoms with Crippen molar-refractivity contribution in [2.45, 2.75) is 88.2 Å². The van der Waals surface area contributed by atoms with Crippen LogP contribution in [-0.4, -0.2) is 142 Å². The zero-order chi connectivity index (χ0) is 42.2. The number of amides is 3. The highest BCUT2D eigenvalue weighted by atomic mass is 16.7. The van der Waals surface area contributed by atoms with Crippen LogP contribution in [0.5, 0.6) is 0 Å². The van der Waals surface area contributed by atoms with Crippen LogP contribution in [0, 0.1) is 35.0 Å². The molecule has 8 aliphatic carbocycles. The van der Waals surface area contributed by atoms with Crippen molar-refractivity contribution in [3.63, 3.8) is 0 Å². The SMILES string of the molecule is CCCN(CC(=O)NC1C=C(N(C)C)C2=C(C(=O)C3=C[C@@]4(O)C(O)=C(C(N)=O)C(=O)[C@@H](N(C)C)[C@@H]4C[C@@H]3C2)C1(O)O)C(=O)OCOC(=O)C12CC3CC(CC(C3)C1)C2. The van der Waals surface area contributed by atoms with Crippen LogP contribution in [0.4, 0.5) is 4.79 Å². The molecule has 4 fully saturated rings. The number of fused-ring (bicyclic) bond motifs is 2. The number of nitrogens with zero attached hydrogens (tertiary/aromatic N) is 3. The number of likely N-dealkylation sites (N-methyl/N-ethyl adjacent to an activating group) is 2. The van der Waals surface area contributed by atoms with Gasteiger partial charge in [-0.15, -0.1) is 0 Å².